The second-order valence-corrected chi connectivity index (χ2v) is 4.94. The van der Waals surface area contributed by atoms with Gasteiger partial charge in [0, 0.05) is 24.3 Å². The Morgan fingerprint density at radius 1 is 1.15 bits per heavy atom. The minimum atomic E-state index is -0.113. The van der Waals surface area contributed by atoms with Crippen molar-refractivity contribution in [2.75, 3.05) is 18.5 Å². The van der Waals surface area contributed by atoms with Gasteiger partial charge in [-0.1, -0.05) is 41.9 Å². The maximum atomic E-state index is 12.0. The van der Waals surface area contributed by atoms with Crippen molar-refractivity contribution in [1.29, 1.82) is 0 Å². The number of anilines is 1. The minimum Gasteiger partial charge on any atom is -0.337 e. The lowest BCUT2D eigenvalue weighted by atomic mass is 10.1. The maximum Gasteiger partial charge on any atom is 0.321 e. The number of hydrogen-bond acceptors (Lipinski definition) is 1. The number of hydrogen-bond donors (Lipinski definition) is 1. The topological polar surface area (TPSA) is 32.3 Å². The van der Waals surface area contributed by atoms with Crippen molar-refractivity contribution in [3.8, 4) is 0 Å². The number of rotatable bonds is 4. The number of para-hydroxylation sites is 1. The molecule has 0 saturated carbocycles. The fourth-order valence-corrected chi connectivity index (χ4v) is 2.11. The van der Waals surface area contributed by atoms with Crippen LogP contribution >= 0.6 is 11.6 Å². The highest BCUT2D eigenvalue weighted by molar-refractivity contribution is 6.30. The van der Waals surface area contributed by atoms with E-state index in [0.717, 1.165) is 22.7 Å². The molecule has 0 fully saturated rings. The van der Waals surface area contributed by atoms with Crippen LogP contribution < -0.4 is 10.2 Å². The van der Waals surface area contributed by atoms with Crippen molar-refractivity contribution in [2.45, 2.75) is 6.42 Å². The minimum absolute atomic E-state index is 0.113. The zero-order valence-corrected chi connectivity index (χ0v) is 12.1. The molecule has 2 amide bonds. The second-order valence-electron chi connectivity index (χ2n) is 4.51. The Labute approximate surface area is 124 Å². The Kier molecular flexibility index (Phi) is 5.02. The quantitative estimate of drug-likeness (QED) is 0.913. The van der Waals surface area contributed by atoms with Gasteiger partial charge in [-0.05, 0) is 36.2 Å². The van der Waals surface area contributed by atoms with Crippen molar-refractivity contribution < 1.29 is 4.79 Å². The molecule has 2 aromatic carbocycles. The predicted octanol–water partition coefficient (Wildman–Crippen LogP) is 3.73. The Balaban J connectivity index is 1.83. The highest BCUT2D eigenvalue weighted by atomic mass is 35.5. The molecule has 2 rings (SSSR count). The average Bonchev–Trinajstić information content (AvgIpc) is 2.47. The summed E-state index contributed by atoms with van der Waals surface area (Å²) in [7, 11) is 1.75. The lowest BCUT2D eigenvalue weighted by Gasteiger charge is -2.18. The molecule has 20 heavy (non-hydrogen) atoms. The van der Waals surface area contributed by atoms with Crippen LogP contribution in [-0.2, 0) is 6.42 Å². The van der Waals surface area contributed by atoms with Gasteiger partial charge in [0.2, 0.25) is 0 Å². The van der Waals surface area contributed by atoms with E-state index in [4.69, 9.17) is 11.6 Å². The van der Waals surface area contributed by atoms with Crippen LogP contribution in [0.15, 0.2) is 54.6 Å². The summed E-state index contributed by atoms with van der Waals surface area (Å²) in [6.07, 6.45) is 0.759. The molecule has 0 spiro atoms. The van der Waals surface area contributed by atoms with E-state index in [1.54, 1.807) is 11.9 Å². The summed E-state index contributed by atoms with van der Waals surface area (Å²) in [6, 6.07) is 17.1. The third kappa shape index (κ3) is 4.00. The summed E-state index contributed by atoms with van der Waals surface area (Å²) in [5, 5.41) is 3.61. The van der Waals surface area contributed by atoms with E-state index in [0.29, 0.717) is 6.54 Å². The van der Waals surface area contributed by atoms with Crippen LogP contribution in [0.25, 0.3) is 0 Å². The standard InChI is InChI=1S/C16H17ClN2O/c1-19(15-8-3-2-4-9-15)16(20)18-11-10-13-6-5-7-14(17)12-13/h2-9,12H,10-11H2,1H3,(H,18,20). The van der Waals surface area contributed by atoms with Crippen molar-refractivity contribution in [1.82, 2.24) is 5.32 Å². The number of carbonyl (C=O) groups excluding carboxylic acids is 1. The summed E-state index contributed by atoms with van der Waals surface area (Å²) >= 11 is 5.92. The van der Waals surface area contributed by atoms with Gasteiger partial charge in [0.15, 0.2) is 0 Å². The second kappa shape index (κ2) is 6.96. The van der Waals surface area contributed by atoms with Crippen molar-refractivity contribution >= 4 is 23.3 Å². The van der Waals surface area contributed by atoms with Gasteiger partial charge in [0.25, 0.3) is 0 Å². The highest BCUT2D eigenvalue weighted by Gasteiger charge is 2.09. The molecule has 0 saturated heterocycles. The summed E-state index contributed by atoms with van der Waals surface area (Å²) < 4.78 is 0. The number of benzene rings is 2. The smallest absolute Gasteiger partial charge is 0.321 e. The van der Waals surface area contributed by atoms with Crippen molar-refractivity contribution in [3.63, 3.8) is 0 Å². The molecule has 0 aliphatic heterocycles. The van der Waals surface area contributed by atoms with E-state index < -0.39 is 0 Å². The van der Waals surface area contributed by atoms with Gasteiger partial charge >= 0.3 is 6.03 Å². The number of halogens is 1. The molecule has 104 valence electrons. The van der Waals surface area contributed by atoms with Gasteiger partial charge < -0.3 is 5.32 Å². The molecule has 0 unspecified atom stereocenters. The van der Waals surface area contributed by atoms with E-state index >= 15 is 0 Å². The lowest BCUT2D eigenvalue weighted by Crippen LogP contribution is -2.38. The summed E-state index contributed by atoms with van der Waals surface area (Å²) in [4.78, 5) is 13.6. The first-order valence-corrected chi connectivity index (χ1v) is 6.85. The zero-order chi connectivity index (χ0) is 14.4. The summed E-state index contributed by atoms with van der Waals surface area (Å²) in [6.45, 7) is 0.580. The normalized spacial score (nSPS) is 10.1. The SMILES string of the molecule is CN(C(=O)NCCc1cccc(Cl)c1)c1ccccc1. The van der Waals surface area contributed by atoms with Crippen LogP contribution in [0.5, 0.6) is 0 Å². The van der Waals surface area contributed by atoms with Crippen LogP contribution in [0.2, 0.25) is 5.02 Å². The molecule has 0 heterocycles. The third-order valence-corrected chi connectivity index (χ3v) is 3.26. The highest BCUT2D eigenvalue weighted by Crippen LogP contribution is 2.12. The number of amides is 2. The first-order chi connectivity index (χ1) is 9.66. The first-order valence-electron chi connectivity index (χ1n) is 6.48. The third-order valence-electron chi connectivity index (χ3n) is 3.03. The van der Waals surface area contributed by atoms with Crippen LogP contribution in [-0.4, -0.2) is 19.6 Å². The lowest BCUT2D eigenvalue weighted by molar-refractivity contribution is 0.247. The fraction of sp³-hybridized carbons (Fsp3) is 0.188. The van der Waals surface area contributed by atoms with Crippen molar-refractivity contribution in [3.05, 3.63) is 65.2 Å². The van der Waals surface area contributed by atoms with Crippen LogP contribution in [0.1, 0.15) is 5.56 Å². The van der Waals surface area contributed by atoms with Gasteiger partial charge in [-0.3, -0.25) is 4.90 Å². The molecule has 0 aliphatic carbocycles. The van der Waals surface area contributed by atoms with Gasteiger partial charge in [0.05, 0.1) is 0 Å². The number of nitrogens with zero attached hydrogens (tertiary/aromatic N) is 1. The van der Waals surface area contributed by atoms with E-state index in [1.807, 2.05) is 54.6 Å². The Morgan fingerprint density at radius 2 is 1.90 bits per heavy atom. The van der Waals surface area contributed by atoms with Crippen molar-refractivity contribution in [2.24, 2.45) is 0 Å². The average molecular weight is 289 g/mol. The zero-order valence-electron chi connectivity index (χ0n) is 11.3. The first kappa shape index (κ1) is 14.4. The largest absolute Gasteiger partial charge is 0.337 e. The van der Waals surface area contributed by atoms with Crippen LogP contribution in [0, 0.1) is 0 Å². The van der Waals surface area contributed by atoms with Gasteiger partial charge in [-0.25, -0.2) is 4.79 Å². The van der Waals surface area contributed by atoms with E-state index in [2.05, 4.69) is 5.32 Å². The molecule has 0 atom stereocenters. The Bertz CT molecular complexity index is 572. The molecule has 0 radical (unpaired) electrons. The van der Waals surface area contributed by atoms with Crippen LogP contribution in [0.3, 0.4) is 0 Å². The molecule has 1 N–H and O–H groups in total. The number of carbonyl (C=O) groups is 1. The van der Waals surface area contributed by atoms with E-state index in [-0.39, 0.29) is 6.03 Å². The molecule has 3 nitrogen and oxygen atoms in total. The van der Waals surface area contributed by atoms with Gasteiger partial charge in [0.1, 0.15) is 0 Å². The monoisotopic (exact) mass is 288 g/mol. The molecule has 0 aromatic heterocycles. The molecule has 0 bridgehead atoms. The predicted molar refractivity (Wildman–Crippen MR) is 83.4 cm³/mol. The molecular formula is C16H17ClN2O. The molecule has 4 heteroatoms. The molecule has 0 aliphatic rings. The Morgan fingerprint density at radius 3 is 2.60 bits per heavy atom. The number of nitrogens with one attached hydrogen (secondary N) is 1. The molecular weight excluding hydrogens is 272 g/mol. The number of urea groups is 1. The van der Waals surface area contributed by atoms with Gasteiger partial charge in [-0.15, -0.1) is 0 Å². The fourth-order valence-electron chi connectivity index (χ4n) is 1.89. The Hall–Kier alpha value is -2.00. The maximum absolute atomic E-state index is 12.0. The van der Waals surface area contributed by atoms with E-state index in [9.17, 15) is 4.79 Å². The van der Waals surface area contributed by atoms with Gasteiger partial charge in [-0.2, -0.15) is 0 Å². The van der Waals surface area contributed by atoms with E-state index in [1.165, 1.54) is 0 Å². The van der Waals surface area contributed by atoms with Crippen LogP contribution in [0.4, 0.5) is 10.5 Å². The summed E-state index contributed by atoms with van der Waals surface area (Å²) in [5.74, 6) is 0. The molecule has 2 aromatic rings. The summed E-state index contributed by atoms with van der Waals surface area (Å²) in [5.41, 5.74) is 1.98.